The summed E-state index contributed by atoms with van der Waals surface area (Å²) in [4.78, 5) is 11.1. The van der Waals surface area contributed by atoms with E-state index in [9.17, 15) is 13.2 Å². The van der Waals surface area contributed by atoms with Gasteiger partial charge in [-0.05, 0) is 44.5 Å². The molecule has 2 aromatic carbocycles. The van der Waals surface area contributed by atoms with E-state index in [-0.39, 0.29) is 16.7 Å². The number of hydrogen-bond acceptors (Lipinski definition) is 6. The molecule has 166 valence electrons. The summed E-state index contributed by atoms with van der Waals surface area (Å²) >= 11 is 0. The molecular formula is C23H32O6S. The van der Waals surface area contributed by atoms with Crippen LogP contribution in [0.5, 0.6) is 5.75 Å². The van der Waals surface area contributed by atoms with Gasteiger partial charge in [0.25, 0.3) is 0 Å². The molecule has 0 aliphatic carbocycles. The van der Waals surface area contributed by atoms with E-state index in [1.54, 1.807) is 0 Å². The third-order valence-corrected chi connectivity index (χ3v) is 4.69. The van der Waals surface area contributed by atoms with Gasteiger partial charge in [0.15, 0.2) is 22.4 Å². The number of carbonyl (C=O) groups is 1. The Hall–Kier alpha value is -2.48. The summed E-state index contributed by atoms with van der Waals surface area (Å²) in [6.07, 6.45) is 1.65. The van der Waals surface area contributed by atoms with Crippen LogP contribution in [-0.2, 0) is 25.9 Å². The quantitative estimate of drug-likeness (QED) is 0.322. The Morgan fingerprint density at radius 3 is 2.03 bits per heavy atom. The van der Waals surface area contributed by atoms with Crippen LogP contribution < -0.4 is 4.74 Å². The average Bonchev–Trinajstić information content (AvgIpc) is 2.74. The molecule has 0 heterocycles. The van der Waals surface area contributed by atoms with Crippen LogP contribution in [0.4, 0.5) is 0 Å². The van der Waals surface area contributed by atoms with Crippen molar-refractivity contribution in [2.75, 3.05) is 19.5 Å². The van der Waals surface area contributed by atoms with Gasteiger partial charge in [-0.2, -0.15) is 0 Å². The summed E-state index contributed by atoms with van der Waals surface area (Å²) in [5.41, 5.74) is 1.19. The Bertz CT molecular complexity index is 828. The molecule has 0 fully saturated rings. The van der Waals surface area contributed by atoms with Gasteiger partial charge >= 0.3 is 0 Å². The van der Waals surface area contributed by atoms with E-state index in [0.29, 0.717) is 18.6 Å². The second-order valence-corrected chi connectivity index (χ2v) is 7.86. The topological polar surface area (TPSA) is 78.9 Å². The van der Waals surface area contributed by atoms with E-state index in [4.69, 9.17) is 14.2 Å². The van der Waals surface area contributed by atoms with Gasteiger partial charge < -0.3 is 14.2 Å². The first-order valence-corrected chi connectivity index (χ1v) is 11.4. The number of rotatable bonds is 9. The average molecular weight is 437 g/mol. The summed E-state index contributed by atoms with van der Waals surface area (Å²) in [5.74, 6) is 0.372. The molecule has 0 N–H and O–H groups in total. The Morgan fingerprint density at radius 2 is 1.57 bits per heavy atom. The summed E-state index contributed by atoms with van der Waals surface area (Å²) in [5, 5.41) is 0. The van der Waals surface area contributed by atoms with Gasteiger partial charge in [-0.15, -0.1) is 13.2 Å². The van der Waals surface area contributed by atoms with Crippen molar-refractivity contribution in [1.82, 2.24) is 0 Å². The van der Waals surface area contributed by atoms with Crippen LogP contribution in [0, 0.1) is 0 Å². The van der Waals surface area contributed by atoms with E-state index in [0.717, 1.165) is 25.0 Å². The summed E-state index contributed by atoms with van der Waals surface area (Å²) in [6.45, 7) is 13.6. The summed E-state index contributed by atoms with van der Waals surface area (Å²) < 4.78 is 38.5. The lowest BCUT2D eigenvalue weighted by Gasteiger charge is -2.09. The van der Waals surface area contributed by atoms with Crippen molar-refractivity contribution >= 4 is 16.1 Å². The zero-order chi connectivity index (χ0) is 23.0. The maximum absolute atomic E-state index is 11.4. The van der Waals surface area contributed by atoms with Gasteiger partial charge in [0.05, 0.1) is 10.5 Å². The molecule has 0 amide bonds. The molecule has 0 radical (unpaired) electrons. The molecule has 0 unspecified atom stereocenters. The van der Waals surface area contributed by atoms with Gasteiger partial charge in [0.1, 0.15) is 12.4 Å². The van der Waals surface area contributed by atoms with E-state index in [1.165, 1.54) is 18.2 Å². The van der Waals surface area contributed by atoms with E-state index in [2.05, 4.69) is 13.2 Å². The molecule has 0 bridgehead atoms. The highest BCUT2D eigenvalue weighted by atomic mass is 32.2. The molecule has 7 heteroatoms. The number of hydrogen-bond donors (Lipinski definition) is 0. The lowest BCUT2D eigenvalue weighted by molar-refractivity contribution is -0.123. The molecule has 0 saturated heterocycles. The first-order chi connectivity index (χ1) is 14.3. The van der Waals surface area contributed by atoms with Crippen LogP contribution in [-0.4, -0.2) is 40.5 Å². The van der Waals surface area contributed by atoms with Crippen LogP contribution in [0.3, 0.4) is 0 Å². The monoisotopic (exact) mass is 436 g/mol. The Kier molecular flexibility index (Phi) is 14.1. The molecule has 2 aromatic rings. The van der Waals surface area contributed by atoms with Crippen LogP contribution in [0.25, 0.3) is 0 Å². The van der Waals surface area contributed by atoms with Crippen molar-refractivity contribution < 1.29 is 27.4 Å². The molecule has 0 atom stereocenters. The van der Waals surface area contributed by atoms with Gasteiger partial charge in [-0.1, -0.05) is 30.3 Å². The normalized spacial score (nSPS) is 10.3. The molecule has 0 aliphatic heterocycles. The minimum atomic E-state index is -3.33. The number of carbonyl (C=O) groups excluding carboxylic acids is 1. The fourth-order valence-electron chi connectivity index (χ4n) is 2.23. The zero-order valence-corrected chi connectivity index (χ0v) is 19.0. The molecule has 2 rings (SSSR count). The largest absolute Gasteiger partial charge is 0.488 e. The van der Waals surface area contributed by atoms with Crippen molar-refractivity contribution in [2.24, 2.45) is 0 Å². The predicted octanol–water partition coefficient (Wildman–Crippen LogP) is 4.69. The molecule has 0 aromatic heterocycles. The molecular weight excluding hydrogens is 404 g/mol. The van der Waals surface area contributed by atoms with Crippen molar-refractivity contribution in [3.05, 3.63) is 72.8 Å². The number of ether oxygens (including phenoxy) is 3. The van der Waals surface area contributed by atoms with Gasteiger partial charge in [0, 0.05) is 19.5 Å². The van der Waals surface area contributed by atoms with Crippen LogP contribution in [0.1, 0.15) is 36.7 Å². The van der Waals surface area contributed by atoms with Crippen molar-refractivity contribution in [3.8, 4) is 5.75 Å². The maximum atomic E-state index is 11.4. The van der Waals surface area contributed by atoms with Gasteiger partial charge in [0.2, 0.25) is 0 Å². The highest BCUT2D eigenvalue weighted by Crippen LogP contribution is 2.22. The standard InChI is InChI=1S/C15H14O4S.C6H14O2.C2H4/c1-20(17,18)14-7-8-15(13(9-14)10-16)19-11-12-5-3-2-4-6-12;1-4-7-6(3)8-5-2;1-2/h2-10H,11H2,1H3;6H,4-5H2,1-3H3;1-2H2. The lowest BCUT2D eigenvalue weighted by atomic mass is 10.2. The van der Waals surface area contributed by atoms with E-state index in [1.807, 2.05) is 51.1 Å². The minimum Gasteiger partial charge on any atom is -0.488 e. The summed E-state index contributed by atoms with van der Waals surface area (Å²) in [6, 6.07) is 13.8. The summed E-state index contributed by atoms with van der Waals surface area (Å²) in [7, 11) is -3.33. The number of sulfone groups is 1. The Morgan fingerprint density at radius 1 is 1.00 bits per heavy atom. The minimum absolute atomic E-state index is 0.0370. The lowest BCUT2D eigenvalue weighted by Crippen LogP contribution is -2.11. The highest BCUT2D eigenvalue weighted by molar-refractivity contribution is 7.90. The molecule has 0 aliphatic rings. The van der Waals surface area contributed by atoms with Crippen molar-refractivity contribution in [1.29, 1.82) is 0 Å². The SMILES string of the molecule is C=C.CCOC(C)OCC.CS(=O)(=O)c1ccc(OCc2ccccc2)c(C=O)c1. The van der Waals surface area contributed by atoms with Crippen LogP contribution in [0.15, 0.2) is 66.6 Å². The third kappa shape index (κ3) is 10.9. The maximum Gasteiger partial charge on any atom is 0.175 e. The highest BCUT2D eigenvalue weighted by Gasteiger charge is 2.11. The fourth-order valence-corrected chi connectivity index (χ4v) is 2.89. The van der Waals surface area contributed by atoms with Crippen molar-refractivity contribution in [3.63, 3.8) is 0 Å². The molecule has 0 saturated carbocycles. The smallest absolute Gasteiger partial charge is 0.175 e. The first-order valence-electron chi connectivity index (χ1n) is 9.51. The van der Waals surface area contributed by atoms with Gasteiger partial charge in [-0.25, -0.2) is 8.42 Å². The fraction of sp³-hybridized carbons (Fsp3) is 0.348. The molecule has 30 heavy (non-hydrogen) atoms. The van der Waals surface area contributed by atoms with E-state index < -0.39 is 9.84 Å². The van der Waals surface area contributed by atoms with E-state index >= 15 is 0 Å². The van der Waals surface area contributed by atoms with Crippen LogP contribution >= 0.6 is 0 Å². The zero-order valence-electron chi connectivity index (χ0n) is 18.2. The second-order valence-electron chi connectivity index (χ2n) is 5.84. The van der Waals surface area contributed by atoms with Crippen molar-refractivity contribution in [2.45, 2.75) is 38.6 Å². The predicted molar refractivity (Wildman–Crippen MR) is 120 cm³/mol. The molecule has 0 spiro atoms. The second kappa shape index (κ2) is 15.4. The first kappa shape index (κ1) is 27.5. The Balaban J connectivity index is 0.000000712. The van der Waals surface area contributed by atoms with Gasteiger partial charge in [-0.3, -0.25) is 4.79 Å². The Labute approximate surface area is 180 Å². The number of benzene rings is 2. The van der Waals surface area contributed by atoms with Crippen LogP contribution in [0.2, 0.25) is 0 Å². The number of aldehydes is 1. The molecule has 6 nitrogen and oxygen atoms in total. The third-order valence-electron chi connectivity index (χ3n) is 3.58.